The summed E-state index contributed by atoms with van der Waals surface area (Å²) in [6, 6.07) is 6.73. The second kappa shape index (κ2) is 10.4. The molecule has 1 saturated carbocycles. The van der Waals surface area contributed by atoms with Gasteiger partial charge in [-0.1, -0.05) is 0 Å². The van der Waals surface area contributed by atoms with E-state index in [9.17, 15) is 13.9 Å². The Bertz CT molecular complexity index is 836. The number of hydrogen-bond acceptors (Lipinski definition) is 6. The number of β-amino-alcohol motifs (C(OH)–C–C–N with tert-alkyl or cyclic N) is 1. The van der Waals surface area contributed by atoms with Crippen molar-refractivity contribution in [3.63, 3.8) is 0 Å². The Balaban J connectivity index is 1.44. The van der Waals surface area contributed by atoms with Crippen LogP contribution in [0.3, 0.4) is 0 Å². The van der Waals surface area contributed by atoms with Crippen molar-refractivity contribution in [1.82, 2.24) is 14.7 Å². The average molecular weight is 437 g/mol. The van der Waals surface area contributed by atoms with Crippen molar-refractivity contribution in [3.8, 4) is 22.8 Å². The van der Waals surface area contributed by atoms with Crippen LogP contribution in [0, 0.1) is 0 Å². The molecule has 170 valence electrons. The number of aliphatic hydroxyl groups is 1. The molecule has 2 aliphatic rings. The molecule has 31 heavy (non-hydrogen) atoms. The summed E-state index contributed by atoms with van der Waals surface area (Å²) in [7, 11) is 0. The highest BCUT2D eigenvalue weighted by Gasteiger charge is 2.21. The molecule has 2 heterocycles. The van der Waals surface area contributed by atoms with Crippen LogP contribution < -0.4 is 9.47 Å². The van der Waals surface area contributed by atoms with Gasteiger partial charge in [0, 0.05) is 31.4 Å². The quantitative estimate of drug-likeness (QED) is 0.650. The number of nitrogens with zero attached hydrogens (tertiary/aromatic N) is 3. The molecule has 0 bridgehead atoms. The fraction of sp³-hybridized carbons (Fsp3) is 0.591. The van der Waals surface area contributed by atoms with E-state index in [1.54, 1.807) is 23.0 Å². The largest absolute Gasteiger partial charge is 0.487 e. The van der Waals surface area contributed by atoms with Gasteiger partial charge in [0.2, 0.25) is 0 Å². The molecule has 7 nitrogen and oxygen atoms in total. The molecule has 0 spiro atoms. The average Bonchev–Trinajstić information content (AvgIpc) is 3.42. The number of aromatic nitrogens is 2. The lowest BCUT2D eigenvalue weighted by molar-refractivity contribution is -0.0520. The fourth-order valence-corrected chi connectivity index (χ4v) is 4.11. The van der Waals surface area contributed by atoms with E-state index in [2.05, 4.69) is 14.7 Å². The van der Waals surface area contributed by atoms with Gasteiger partial charge in [0.1, 0.15) is 0 Å². The van der Waals surface area contributed by atoms with E-state index < -0.39 is 12.7 Å². The zero-order valence-electron chi connectivity index (χ0n) is 17.5. The second-order valence-electron chi connectivity index (χ2n) is 8.05. The second-order valence-corrected chi connectivity index (χ2v) is 8.05. The van der Waals surface area contributed by atoms with Gasteiger partial charge >= 0.3 is 6.61 Å². The van der Waals surface area contributed by atoms with Crippen molar-refractivity contribution < 1.29 is 28.1 Å². The lowest BCUT2D eigenvalue weighted by Crippen LogP contribution is -2.42. The number of ether oxygens (including phenoxy) is 3. The minimum absolute atomic E-state index is 0.0168. The van der Waals surface area contributed by atoms with Crippen molar-refractivity contribution in [2.45, 2.75) is 51.0 Å². The summed E-state index contributed by atoms with van der Waals surface area (Å²) >= 11 is 0. The lowest BCUT2D eigenvalue weighted by Gasteiger charge is -2.28. The molecule has 1 atom stereocenters. The maximum atomic E-state index is 12.8. The van der Waals surface area contributed by atoms with Crippen molar-refractivity contribution in [2.75, 3.05) is 32.8 Å². The van der Waals surface area contributed by atoms with Crippen LogP contribution in [0.4, 0.5) is 8.78 Å². The summed E-state index contributed by atoms with van der Waals surface area (Å²) in [5, 5.41) is 15.0. The molecule has 1 aromatic heterocycles. The van der Waals surface area contributed by atoms with Gasteiger partial charge in [-0.2, -0.15) is 13.9 Å². The summed E-state index contributed by atoms with van der Waals surface area (Å²) in [4.78, 5) is 2.17. The molecule has 1 aliphatic heterocycles. The summed E-state index contributed by atoms with van der Waals surface area (Å²) in [6.07, 6.45) is 5.25. The molecule has 2 fully saturated rings. The predicted molar refractivity (Wildman–Crippen MR) is 110 cm³/mol. The van der Waals surface area contributed by atoms with E-state index in [0.717, 1.165) is 44.3 Å². The Morgan fingerprint density at radius 1 is 1.10 bits per heavy atom. The first kappa shape index (κ1) is 22.0. The van der Waals surface area contributed by atoms with Gasteiger partial charge in [0.15, 0.2) is 11.5 Å². The van der Waals surface area contributed by atoms with Gasteiger partial charge in [-0.25, -0.2) is 0 Å². The first-order valence-electron chi connectivity index (χ1n) is 10.8. The smallest absolute Gasteiger partial charge is 0.387 e. The van der Waals surface area contributed by atoms with Crippen LogP contribution in [0.2, 0.25) is 0 Å². The molecule has 1 saturated heterocycles. The van der Waals surface area contributed by atoms with Crippen LogP contribution in [-0.4, -0.2) is 71.5 Å². The Hall–Kier alpha value is -2.23. The Morgan fingerprint density at radius 3 is 2.61 bits per heavy atom. The highest BCUT2D eigenvalue weighted by molar-refractivity contribution is 5.63. The number of rotatable bonds is 9. The van der Waals surface area contributed by atoms with Crippen LogP contribution in [0.25, 0.3) is 11.3 Å². The predicted octanol–water partition coefficient (Wildman–Crippen LogP) is 3.17. The Labute approximate surface area is 180 Å². The summed E-state index contributed by atoms with van der Waals surface area (Å²) in [5.74, 6) is 0.345. The van der Waals surface area contributed by atoms with Crippen molar-refractivity contribution in [3.05, 3.63) is 30.5 Å². The van der Waals surface area contributed by atoms with E-state index in [0.29, 0.717) is 37.7 Å². The molecular weight excluding hydrogens is 408 g/mol. The molecule has 0 radical (unpaired) electrons. The zero-order valence-corrected chi connectivity index (χ0v) is 17.5. The molecule has 2 aromatic rings. The van der Waals surface area contributed by atoms with Crippen LogP contribution in [0.1, 0.15) is 25.7 Å². The molecule has 0 unspecified atom stereocenters. The zero-order chi connectivity index (χ0) is 21.6. The molecule has 4 rings (SSSR count). The van der Waals surface area contributed by atoms with Gasteiger partial charge in [-0.05, 0) is 49.9 Å². The third-order valence-corrected chi connectivity index (χ3v) is 5.66. The first-order valence-corrected chi connectivity index (χ1v) is 10.8. The minimum atomic E-state index is -2.91. The van der Waals surface area contributed by atoms with Gasteiger partial charge in [-0.3, -0.25) is 9.58 Å². The summed E-state index contributed by atoms with van der Waals surface area (Å²) in [5.41, 5.74) is 1.43. The van der Waals surface area contributed by atoms with Crippen molar-refractivity contribution in [1.29, 1.82) is 0 Å². The molecular formula is C22H29F2N3O4. The lowest BCUT2D eigenvalue weighted by atomic mass is 10.1. The highest BCUT2D eigenvalue weighted by Crippen LogP contribution is 2.36. The molecule has 1 aromatic carbocycles. The molecule has 1 aliphatic carbocycles. The normalized spacial score (nSPS) is 19.1. The topological polar surface area (TPSA) is 69.0 Å². The maximum Gasteiger partial charge on any atom is 0.387 e. The van der Waals surface area contributed by atoms with Gasteiger partial charge in [0.05, 0.1) is 37.7 Å². The third kappa shape index (κ3) is 6.15. The SMILES string of the molecule is O[C@H](CN1CCOCC1)Cn1ccc(-c2ccc(OC(F)F)c(OC3CCCC3)c2)n1. The minimum Gasteiger partial charge on any atom is -0.487 e. The van der Waals surface area contributed by atoms with Crippen LogP contribution in [0.15, 0.2) is 30.5 Å². The first-order chi connectivity index (χ1) is 15.1. The standard InChI is InChI=1S/C22H29F2N3O4/c23-22(24)31-20-6-5-16(13-21(20)30-18-3-1-2-4-18)19-7-8-27(25-19)15-17(28)14-26-9-11-29-12-10-26/h5-8,13,17-18,22,28H,1-4,9-12,14-15H2/t17-/m1/s1. The van der Waals surface area contributed by atoms with E-state index in [4.69, 9.17) is 9.47 Å². The number of hydrogen-bond donors (Lipinski definition) is 1. The van der Waals surface area contributed by atoms with E-state index in [1.807, 2.05) is 6.07 Å². The number of morpholine rings is 1. The fourth-order valence-electron chi connectivity index (χ4n) is 4.11. The Morgan fingerprint density at radius 2 is 1.87 bits per heavy atom. The van der Waals surface area contributed by atoms with Crippen LogP contribution in [-0.2, 0) is 11.3 Å². The third-order valence-electron chi connectivity index (χ3n) is 5.66. The molecule has 1 N–H and O–H groups in total. The summed E-state index contributed by atoms with van der Waals surface area (Å²) < 4.78 is 43.3. The van der Waals surface area contributed by atoms with Crippen LogP contribution in [0.5, 0.6) is 11.5 Å². The van der Waals surface area contributed by atoms with E-state index in [1.165, 1.54) is 6.07 Å². The maximum absolute atomic E-state index is 12.8. The van der Waals surface area contributed by atoms with Crippen LogP contribution >= 0.6 is 0 Å². The summed E-state index contributed by atoms with van der Waals surface area (Å²) in [6.45, 7) is 1.04. The Kier molecular flexibility index (Phi) is 7.37. The van der Waals surface area contributed by atoms with E-state index >= 15 is 0 Å². The van der Waals surface area contributed by atoms with Gasteiger partial charge in [-0.15, -0.1) is 0 Å². The van der Waals surface area contributed by atoms with E-state index in [-0.39, 0.29) is 11.9 Å². The number of alkyl halides is 2. The van der Waals surface area contributed by atoms with Gasteiger partial charge in [0.25, 0.3) is 0 Å². The highest BCUT2D eigenvalue weighted by atomic mass is 19.3. The number of halogens is 2. The van der Waals surface area contributed by atoms with Crippen molar-refractivity contribution in [2.24, 2.45) is 0 Å². The monoisotopic (exact) mass is 437 g/mol. The van der Waals surface area contributed by atoms with Gasteiger partial charge < -0.3 is 19.3 Å². The molecule has 9 heteroatoms. The van der Waals surface area contributed by atoms with Crippen molar-refractivity contribution >= 4 is 0 Å². The number of aliphatic hydroxyl groups excluding tert-OH is 1. The molecule has 0 amide bonds. The number of benzene rings is 1.